The molecule has 3 nitrogen and oxygen atoms in total. The van der Waals surface area contributed by atoms with E-state index in [1.807, 2.05) is 6.92 Å². The number of ether oxygens (including phenoxy) is 1. The van der Waals surface area contributed by atoms with Crippen molar-refractivity contribution in [2.45, 2.75) is 38.9 Å². The zero-order valence-corrected chi connectivity index (χ0v) is 8.55. The van der Waals surface area contributed by atoms with Crippen molar-refractivity contribution in [3.63, 3.8) is 0 Å². The first kappa shape index (κ1) is 11.9. The summed E-state index contributed by atoms with van der Waals surface area (Å²) in [5.41, 5.74) is -0.774. The van der Waals surface area contributed by atoms with Gasteiger partial charge in [-0.2, -0.15) is 0 Å². The highest BCUT2D eigenvalue weighted by Crippen LogP contribution is 2.10. The largest absolute Gasteiger partial charge is 0.386 e. The summed E-state index contributed by atoms with van der Waals surface area (Å²) in [7, 11) is 1.61. The lowest BCUT2D eigenvalue weighted by Crippen LogP contribution is -2.47. The minimum atomic E-state index is -0.774. The van der Waals surface area contributed by atoms with Gasteiger partial charge in [-0.15, -0.1) is 0 Å². The molecule has 0 rings (SSSR count). The summed E-state index contributed by atoms with van der Waals surface area (Å²) in [6.45, 7) is 7.27. The van der Waals surface area contributed by atoms with Crippen LogP contribution in [0.5, 0.6) is 0 Å². The molecule has 0 aliphatic carbocycles. The number of methoxy groups -OCH3 is 1. The summed E-state index contributed by atoms with van der Waals surface area (Å²) in [5.74, 6) is 0. The Morgan fingerprint density at radius 2 is 2.17 bits per heavy atom. The van der Waals surface area contributed by atoms with Crippen molar-refractivity contribution in [3.05, 3.63) is 0 Å². The highest BCUT2D eigenvalue weighted by Gasteiger charge is 2.27. The minimum absolute atomic E-state index is 0.137. The van der Waals surface area contributed by atoms with Crippen LogP contribution in [0.2, 0.25) is 0 Å². The quantitative estimate of drug-likeness (QED) is 0.586. The van der Waals surface area contributed by atoms with Gasteiger partial charge in [-0.25, -0.2) is 0 Å². The van der Waals surface area contributed by atoms with E-state index in [9.17, 15) is 5.11 Å². The molecule has 0 spiro atoms. The summed E-state index contributed by atoms with van der Waals surface area (Å²) < 4.78 is 5.06. The van der Waals surface area contributed by atoms with Crippen LogP contribution in [0, 0.1) is 0 Å². The van der Waals surface area contributed by atoms with Gasteiger partial charge in [0.25, 0.3) is 0 Å². The Morgan fingerprint density at radius 3 is 2.58 bits per heavy atom. The highest BCUT2D eigenvalue weighted by atomic mass is 16.5. The number of aliphatic hydroxyl groups is 1. The molecule has 74 valence electrons. The maximum absolute atomic E-state index is 9.82. The van der Waals surface area contributed by atoms with Crippen LogP contribution in [0.1, 0.15) is 27.2 Å². The SMILES string of the molecule is CCCNCC(C)(O)C(C)OC. The summed E-state index contributed by atoms with van der Waals surface area (Å²) >= 11 is 0. The third-order valence-electron chi connectivity index (χ3n) is 2.14. The molecule has 12 heavy (non-hydrogen) atoms. The normalized spacial score (nSPS) is 18.8. The lowest BCUT2D eigenvalue weighted by Gasteiger charge is -2.29. The molecule has 0 saturated heterocycles. The molecule has 0 aliphatic heterocycles. The van der Waals surface area contributed by atoms with Gasteiger partial charge in [0.05, 0.1) is 6.10 Å². The molecule has 0 saturated carbocycles. The molecule has 2 unspecified atom stereocenters. The fourth-order valence-corrected chi connectivity index (χ4v) is 0.916. The lowest BCUT2D eigenvalue weighted by atomic mass is 10.0. The minimum Gasteiger partial charge on any atom is -0.386 e. The van der Waals surface area contributed by atoms with Gasteiger partial charge in [0, 0.05) is 13.7 Å². The molecule has 0 aliphatic rings. The average Bonchev–Trinajstić information content (AvgIpc) is 2.03. The third-order valence-corrected chi connectivity index (χ3v) is 2.14. The van der Waals surface area contributed by atoms with E-state index in [4.69, 9.17) is 4.74 Å². The summed E-state index contributed by atoms with van der Waals surface area (Å²) in [5, 5.41) is 13.0. The number of nitrogens with one attached hydrogen (secondary N) is 1. The van der Waals surface area contributed by atoms with Gasteiger partial charge in [0.15, 0.2) is 0 Å². The predicted molar refractivity (Wildman–Crippen MR) is 50.3 cm³/mol. The molecule has 2 N–H and O–H groups in total. The fourth-order valence-electron chi connectivity index (χ4n) is 0.916. The average molecular weight is 175 g/mol. The molecule has 3 heteroatoms. The van der Waals surface area contributed by atoms with Gasteiger partial charge in [-0.05, 0) is 26.8 Å². The van der Waals surface area contributed by atoms with E-state index in [-0.39, 0.29) is 6.10 Å². The Hall–Kier alpha value is -0.120. The van der Waals surface area contributed by atoms with Crippen LogP contribution in [0.25, 0.3) is 0 Å². The molecule has 0 aromatic carbocycles. The number of hydrogen-bond donors (Lipinski definition) is 2. The monoisotopic (exact) mass is 175 g/mol. The Morgan fingerprint density at radius 1 is 1.58 bits per heavy atom. The van der Waals surface area contributed by atoms with E-state index < -0.39 is 5.60 Å². The van der Waals surface area contributed by atoms with Crippen molar-refractivity contribution in [3.8, 4) is 0 Å². The molecular formula is C9H21NO2. The number of hydrogen-bond acceptors (Lipinski definition) is 3. The lowest BCUT2D eigenvalue weighted by molar-refractivity contribution is -0.0702. The van der Waals surface area contributed by atoms with Gasteiger partial charge < -0.3 is 15.2 Å². The van der Waals surface area contributed by atoms with Crippen molar-refractivity contribution in [1.82, 2.24) is 5.32 Å². The molecule has 0 amide bonds. The first-order valence-electron chi connectivity index (χ1n) is 4.50. The first-order valence-corrected chi connectivity index (χ1v) is 4.50. The van der Waals surface area contributed by atoms with Crippen LogP contribution in [0.15, 0.2) is 0 Å². The van der Waals surface area contributed by atoms with Crippen molar-refractivity contribution in [1.29, 1.82) is 0 Å². The van der Waals surface area contributed by atoms with Gasteiger partial charge in [-0.1, -0.05) is 6.92 Å². The van der Waals surface area contributed by atoms with Crippen molar-refractivity contribution in [2.24, 2.45) is 0 Å². The molecule has 0 heterocycles. The summed E-state index contributed by atoms with van der Waals surface area (Å²) in [6, 6.07) is 0. The van der Waals surface area contributed by atoms with Gasteiger partial charge in [0.2, 0.25) is 0 Å². The first-order chi connectivity index (χ1) is 5.54. The third kappa shape index (κ3) is 4.04. The highest BCUT2D eigenvalue weighted by molar-refractivity contribution is 4.81. The molecule has 0 aromatic heterocycles. The molecule has 0 fully saturated rings. The van der Waals surface area contributed by atoms with E-state index >= 15 is 0 Å². The van der Waals surface area contributed by atoms with E-state index in [1.165, 1.54) is 0 Å². The van der Waals surface area contributed by atoms with E-state index in [0.29, 0.717) is 6.54 Å². The molecule has 0 radical (unpaired) electrons. The maximum Gasteiger partial charge on any atom is 0.100 e. The van der Waals surface area contributed by atoms with Gasteiger partial charge in [-0.3, -0.25) is 0 Å². The fraction of sp³-hybridized carbons (Fsp3) is 1.00. The number of rotatable bonds is 6. The smallest absolute Gasteiger partial charge is 0.100 e. The Balaban J connectivity index is 3.70. The van der Waals surface area contributed by atoms with Crippen molar-refractivity contribution >= 4 is 0 Å². The van der Waals surface area contributed by atoms with Crippen LogP contribution < -0.4 is 5.32 Å². The molecular weight excluding hydrogens is 154 g/mol. The van der Waals surface area contributed by atoms with Crippen molar-refractivity contribution < 1.29 is 9.84 Å². The second kappa shape index (κ2) is 5.51. The summed E-state index contributed by atoms with van der Waals surface area (Å²) in [6.07, 6.45) is 0.944. The maximum atomic E-state index is 9.82. The van der Waals surface area contributed by atoms with Gasteiger partial charge >= 0.3 is 0 Å². The van der Waals surface area contributed by atoms with E-state index in [2.05, 4.69) is 12.2 Å². The zero-order valence-electron chi connectivity index (χ0n) is 8.55. The predicted octanol–water partition coefficient (Wildman–Crippen LogP) is 0.772. The van der Waals surface area contributed by atoms with Crippen LogP contribution in [0.3, 0.4) is 0 Å². The molecule has 0 bridgehead atoms. The Kier molecular flexibility index (Phi) is 5.46. The Labute approximate surface area is 75.1 Å². The second-order valence-electron chi connectivity index (χ2n) is 3.41. The molecule has 2 atom stereocenters. The Bertz CT molecular complexity index is 115. The van der Waals surface area contributed by atoms with Crippen LogP contribution in [-0.2, 0) is 4.74 Å². The zero-order chi connectivity index (χ0) is 9.61. The van der Waals surface area contributed by atoms with E-state index in [0.717, 1.165) is 13.0 Å². The van der Waals surface area contributed by atoms with Crippen LogP contribution in [0.4, 0.5) is 0 Å². The second-order valence-corrected chi connectivity index (χ2v) is 3.41. The van der Waals surface area contributed by atoms with Crippen molar-refractivity contribution in [2.75, 3.05) is 20.2 Å². The van der Waals surface area contributed by atoms with Crippen LogP contribution in [-0.4, -0.2) is 37.0 Å². The standard InChI is InChI=1S/C9H21NO2/c1-5-6-10-7-9(3,11)8(2)12-4/h8,10-11H,5-7H2,1-4H3. The van der Waals surface area contributed by atoms with Crippen LogP contribution >= 0.6 is 0 Å². The summed E-state index contributed by atoms with van der Waals surface area (Å²) in [4.78, 5) is 0. The van der Waals surface area contributed by atoms with Gasteiger partial charge in [0.1, 0.15) is 5.60 Å². The molecule has 0 aromatic rings. The van der Waals surface area contributed by atoms with E-state index in [1.54, 1.807) is 14.0 Å². The topological polar surface area (TPSA) is 41.5 Å².